The van der Waals surface area contributed by atoms with Gasteiger partial charge in [0.25, 0.3) is 5.91 Å². The highest BCUT2D eigenvalue weighted by atomic mass is 79.9. The van der Waals surface area contributed by atoms with Gasteiger partial charge in [-0.05, 0) is 64.5 Å². The standard InChI is InChI=1S/C19H13Br2N3O4/c20-12-8-15(17(25)16(21)9-12)18(26)23-22-10-14-2-1-7-24(14)13-5-3-11(4-6-13)19(27)28/h1-10,25H,(H,23,26)(H,27,28)/b22-10-. The van der Waals surface area contributed by atoms with E-state index in [-0.39, 0.29) is 16.9 Å². The molecule has 7 nitrogen and oxygen atoms in total. The van der Waals surface area contributed by atoms with Crippen LogP contribution in [0.1, 0.15) is 26.4 Å². The molecular weight excluding hydrogens is 494 g/mol. The Balaban J connectivity index is 1.77. The molecule has 0 spiro atoms. The van der Waals surface area contributed by atoms with Gasteiger partial charge in [-0.3, -0.25) is 4.79 Å². The first kappa shape index (κ1) is 19.8. The van der Waals surface area contributed by atoms with Crippen molar-refractivity contribution in [2.45, 2.75) is 0 Å². The SMILES string of the molecule is O=C(O)c1ccc(-n2cccc2/C=N\NC(=O)c2cc(Br)cc(Br)c2O)cc1. The number of amides is 1. The fourth-order valence-corrected chi connectivity index (χ4v) is 3.68. The monoisotopic (exact) mass is 505 g/mol. The van der Waals surface area contributed by atoms with Crippen molar-refractivity contribution in [2.75, 3.05) is 0 Å². The molecule has 3 rings (SSSR count). The third-order valence-electron chi connectivity index (χ3n) is 3.81. The molecule has 0 radical (unpaired) electrons. The van der Waals surface area contributed by atoms with Crippen LogP contribution in [0.5, 0.6) is 5.75 Å². The van der Waals surface area contributed by atoms with Crippen LogP contribution in [0.3, 0.4) is 0 Å². The van der Waals surface area contributed by atoms with Crippen LogP contribution in [0.2, 0.25) is 0 Å². The minimum Gasteiger partial charge on any atom is -0.506 e. The summed E-state index contributed by atoms with van der Waals surface area (Å²) in [6.45, 7) is 0. The van der Waals surface area contributed by atoms with Crippen molar-refractivity contribution < 1.29 is 19.8 Å². The largest absolute Gasteiger partial charge is 0.506 e. The van der Waals surface area contributed by atoms with Crippen LogP contribution in [-0.2, 0) is 0 Å². The number of rotatable bonds is 5. The molecule has 1 aromatic heterocycles. The Morgan fingerprint density at radius 1 is 1.11 bits per heavy atom. The van der Waals surface area contributed by atoms with Gasteiger partial charge in [0.2, 0.25) is 0 Å². The van der Waals surface area contributed by atoms with Gasteiger partial charge in [0.1, 0.15) is 5.75 Å². The Bertz CT molecular complexity index is 1080. The molecule has 0 unspecified atom stereocenters. The van der Waals surface area contributed by atoms with E-state index in [0.29, 0.717) is 14.6 Å². The number of benzene rings is 2. The van der Waals surface area contributed by atoms with Crippen LogP contribution >= 0.6 is 31.9 Å². The van der Waals surface area contributed by atoms with E-state index in [9.17, 15) is 14.7 Å². The normalized spacial score (nSPS) is 10.9. The Labute approximate surface area is 176 Å². The van der Waals surface area contributed by atoms with Crippen LogP contribution in [0.25, 0.3) is 5.69 Å². The summed E-state index contributed by atoms with van der Waals surface area (Å²) in [5.74, 6) is -1.75. The molecule has 0 saturated heterocycles. The number of phenolic OH excluding ortho intramolecular Hbond substituents is 1. The minimum atomic E-state index is -0.994. The maximum absolute atomic E-state index is 12.3. The maximum Gasteiger partial charge on any atom is 0.335 e. The number of nitrogens with one attached hydrogen (secondary N) is 1. The van der Waals surface area contributed by atoms with Gasteiger partial charge in [0, 0.05) is 16.4 Å². The van der Waals surface area contributed by atoms with Gasteiger partial charge in [0.05, 0.1) is 27.5 Å². The quantitative estimate of drug-likeness (QED) is 0.357. The molecule has 9 heteroatoms. The maximum atomic E-state index is 12.3. The lowest BCUT2D eigenvalue weighted by Gasteiger charge is -2.07. The van der Waals surface area contributed by atoms with Crippen molar-refractivity contribution in [3.05, 3.63) is 80.5 Å². The minimum absolute atomic E-state index is 0.0676. The number of aromatic carboxylic acids is 1. The average Bonchev–Trinajstić information content (AvgIpc) is 3.13. The topological polar surface area (TPSA) is 104 Å². The number of aromatic hydroxyl groups is 1. The number of carbonyl (C=O) groups is 2. The molecule has 0 aliphatic rings. The zero-order valence-corrected chi connectivity index (χ0v) is 17.3. The van der Waals surface area contributed by atoms with Crippen molar-refractivity contribution in [3.8, 4) is 11.4 Å². The highest BCUT2D eigenvalue weighted by molar-refractivity contribution is 9.11. The van der Waals surface area contributed by atoms with Crippen molar-refractivity contribution in [1.29, 1.82) is 0 Å². The molecule has 0 bridgehead atoms. The van der Waals surface area contributed by atoms with Crippen LogP contribution in [0.4, 0.5) is 0 Å². The molecule has 142 valence electrons. The lowest BCUT2D eigenvalue weighted by Crippen LogP contribution is -2.18. The van der Waals surface area contributed by atoms with Gasteiger partial charge in [-0.25, -0.2) is 10.2 Å². The summed E-state index contributed by atoms with van der Waals surface area (Å²) in [4.78, 5) is 23.2. The molecular formula is C19H13Br2N3O4. The first-order valence-corrected chi connectivity index (χ1v) is 9.48. The van der Waals surface area contributed by atoms with Gasteiger partial charge in [-0.1, -0.05) is 15.9 Å². The van der Waals surface area contributed by atoms with Crippen molar-refractivity contribution in [2.24, 2.45) is 5.10 Å². The number of carbonyl (C=O) groups excluding carboxylic acids is 1. The van der Waals surface area contributed by atoms with Gasteiger partial charge >= 0.3 is 5.97 Å². The molecule has 3 aromatic rings. The fraction of sp³-hybridized carbons (Fsp3) is 0. The smallest absolute Gasteiger partial charge is 0.335 e. The number of carboxylic acid groups (broad SMARTS) is 1. The summed E-state index contributed by atoms with van der Waals surface area (Å²) in [7, 11) is 0. The lowest BCUT2D eigenvalue weighted by atomic mass is 10.2. The van der Waals surface area contributed by atoms with E-state index >= 15 is 0 Å². The molecule has 1 amide bonds. The Morgan fingerprint density at radius 3 is 2.50 bits per heavy atom. The molecule has 0 aliphatic heterocycles. The van der Waals surface area contributed by atoms with E-state index < -0.39 is 11.9 Å². The molecule has 28 heavy (non-hydrogen) atoms. The number of hydrogen-bond donors (Lipinski definition) is 3. The van der Waals surface area contributed by atoms with E-state index in [4.69, 9.17) is 5.11 Å². The Morgan fingerprint density at radius 2 is 1.82 bits per heavy atom. The zero-order valence-electron chi connectivity index (χ0n) is 14.1. The third-order valence-corrected chi connectivity index (χ3v) is 4.87. The molecule has 2 aromatic carbocycles. The zero-order chi connectivity index (χ0) is 20.3. The van der Waals surface area contributed by atoms with E-state index in [1.807, 2.05) is 0 Å². The predicted molar refractivity (Wildman–Crippen MR) is 111 cm³/mol. The second-order valence-electron chi connectivity index (χ2n) is 5.64. The molecule has 0 atom stereocenters. The highest BCUT2D eigenvalue weighted by Gasteiger charge is 2.14. The van der Waals surface area contributed by atoms with E-state index in [1.54, 1.807) is 41.1 Å². The molecule has 0 aliphatic carbocycles. The number of aromatic nitrogens is 1. The summed E-state index contributed by atoms with van der Waals surface area (Å²) in [5, 5.41) is 22.9. The number of carboxylic acids is 1. The number of nitrogens with zero attached hydrogens (tertiary/aromatic N) is 2. The van der Waals surface area contributed by atoms with E-state index in [2.05, 4.69) is 42.4 Å². The summed E-state index contributed by atoms with van der Waals surface area (Å²) < 4.78 is 2.80. The summed E-state index contributed by atoms with van der Waals surface area (Å²) in [6, 6.07) is 13.1. The first-order valence-electron chi connectivity index (χ1n) is 7.89. The van der Waals surface area contributed by atoms with Crippen LogP contribution < -0.4 is 5.43 Å². The predicted octanol–water partition coefficient (Wildman–Crippen LogP) is 4.17. The summed E-state index contributed by atoms with van der Waals surface area (Å²) >= 11 is 6.44. The second kappa shape index (κ2) is 8.41. The van der Waals surface area contributed by atoms with Crippen LogP contribution in [0.15, 0.2) is 68.8 Å². The van der Waals surface area contributed by atoms with E-state index in [0.717, 1.165) is 5.69 Å². The Kier molecular flexibility index (Phi) is 5.96. The first-order chi connectivity index (χ1) is 13.4. The number of halogens is 2. The molecule has 0 saturated carbocycles. The van der Waals surface area contributed by atoms with Gasteiger partial charge in [-0.2, -0.15) is 5.10 Å². The molecule has 0 fully saturated rings. The van der Waals surface area contributed by atoms with Gasteiger partial charge in [-0.15, -0.1) is 0 Å². The van der Waals surface area contributed by atoms with Crippen LogP contribution in [0, 0.1) is 0 Å². The van der Waals surface area contributed by atoms with Crippen LogP contribution in [-0.4, -0.2) is 32.9 Å². The van der Waals surface area contributed by atoms with Crippen molar-refractivity contribution >= 4 is 50.0 Å². The Hall–Kier alpha value is -2.91. The van der Waals surface area contributed by atoms with Crippen molar-refractivity contribution in [3.63, 3.8) is 0 Å². The number of hydrogen-bond acceptors (Lipinski definition) is 4. The third kappa shape index (κ3) is 4.32. The van der Waals surface area contributed by atoms with E-state index in [1.165, 1.54) is 24.4 Å². The number of hydrazone groups is 1. The molecule has 3 N–H and O–H groups in total. The van der Waals surface area contributed by atoms with Crippen molar-refractivity contribution in [1.82, 2.24) is 9.99 Å². The van der Waals surface area contributed by atoms with Gasteiger partial charge < -0.3 is 14.8 Å². The van der Waals surface area contributed by atoms with Gasteiger partial charge in [0.15, 0.2) is 0 Å². The average molecular weight is 507 g/mol. The summed E-state index contributed by atoms with van der Waals surface area (Å²) in [5.41, 5.74) is 4.05. The number of phenols is 1. The molecule has 1 heterocycles. The highest BCUT2D eigenvalue weighted by Crippen LogP contribution is 2.31. The lowest BCUT2D eigenvalue weighted by molar-refractivity contribution is 0.0696. The summed E-state index contributed by atoms with van der Waals surface area (Å²) in [6.07, 6.45) is 3.24. The fourth-order valence-electron chi connectivity index (χ4n) is 2.46. The second-order valence-corrected chi connectivity index (χ2v) is 7.41.